The van der Waals surface area contributed by atoms with Gasteiger partial charge in [0.15, 0.2) is 0 Å². The molecule has 1 aliphatic rings. The van der Waals surface area contributed by atoms with Gasteiger partial charge in [0.2, 0.25) is 0 Å². The topological polar surface area (TPSA) is 0 Å². The second-order valence-corrected chi connectivity index (χ2v) is 6.38. The van der Waals surface area contributed by atoms with Crippen molar-refractivity contribution in [3.63, 3.8) is 0 Å². The minimum Gasteiger partial charge on any atom is -0.126 e. The molecular weight excluding hydrogens is 319 g/mol. The van der Waals surface area contributed by atoms with Crippen molar-refractivity contribution in [2.75, 3.05) is 5.88 Å². The Hall–Kier alpha value is 0.240. The third-order valence-corrected chi connectivity index (χ3v) is 4.72. The lowest BCUT2D eigenvalue weighted by atomic mass is 9.81. The maximum absolute atomic E-state index is 6.12. The molecule has 0 aliphatic heterocycles. The normalized spacial score (nSPS) is 19.9. The van der Waals surface area contributed by atoms with E-state index < -0.39 is 0 Å². The van der Waals surface area contributed by atoms with Gasteiger partial charge in [-0.25, -0.2) is 0 Å². The molecule has 0 heterocycles. The molecule has 82 valence electrons. The smallest absolute Gasteiger partial charge is 0.0283 e. The average molecular weight is 335 g/mol. The Morgan fingerprint density at radius 3 is 2.40 bits per heavy atom. The van der Waals surface area contributed by atoms with Gasteiger partial charge < -0.3 is 0 Å². The van der Waals surface area contributed by atoms with Crippen molar-refractivity contribution in [2.45, 2.75) is 26.2 Å². The maximum atomic E-state index is 6.12. The number of alkyl halides is 1. The molecule has 1 atom stereocenters. The molecule has 2 rings (SSSR count). The summed E-state index contributed by atoms with van der Waals surface area (Å²) in [4.78, 5) is 0. The van der Waals surface area contributed by atoms with E-state index in [0.717, 1.165) is 18.2 Å². The van der Waals surface area contributed by atoms with Gasteiger partial charge in [0.05, 0.1) is 0 Å². The Kier molecular flexibility index (Phi) is 3.61. The largest absolute Gasteiger partial charge is 0.126 e. The number of halogens is 2. The van der Waals surface area contributed by atoms with Crippen LogP contribution < -0.4 is 0 Å². The lowest BCUT2D eigenvalue weighted by molar-refractivity contribution is 0.313. The van der Waals surface area contributed by atoms with Gasteiger partial charge in [0, 0.05) is 9.45 Å². The summed E-state index contributed by atoms with van der Waals surface area (Å²) >= 11 is 8.47. The molecule has 1 aromatic carbocycles. The Morgan fingerprint density at radius 1 is 1.33 bits per heavy atom. The summed E-state index contributed by atoms with van der Waals surface area (Å²) < 4.78 is 1.30. The Labute approximate surface area is 111 Å². The van der Waals surface area contributed by atoms with E-state index in [9.17, 15) is 0 Å². The molecule has 0 amide bonds. The van der Waals surface area contributed by atoms with Crippen molar-refractivity contribution in [3.05, 3.63) is 33.4 Å². The van der Waals surface area contributed by atoms with Crippen LogP contribution in [0.15, 0.2) is 24.3 Å². The molecule has 15 heavy (non-hydrogen) atoms. The zero-order valence-corrected chi connectivity index (χ0v) is 11.9. The van der Waals surface area contributed by atoms with E-state index >= 15 is 0 Å². The quantitative estimate of drug-likeness (QED) is 0.562. The van der Waals surface area contributed by atoms with E-state index in [0.29, 0.717) is 5.41 Å². The summed E-state index contributed by atoms with van der Waals surface area (Å²) in [5.74, 6) is 1.64. The minimum absolute atomic E-state index is 0.314. The van der Waals surface area contributed by atoms with Gasteiger partial charge >= 0.3 is 0 Å². The fourth-order valence-electron chi connectivity index (χ4n) is 2.15. The molecule has 0 aromatic heterocycles. The highest BCUT2D eigenvalue weighted by atomic mass is 127. The van der Waals surface area contributed by atoms with Crippen LogP contribution >= 0.6 is 34.2 Å². The molecule has 0 spiro atoms. The summed E-state index contributed by atoms with van der Waals surface area (Å²) in [6, 6.07) is 8.82. The molecule has 0 radical (unpaired) electrons. The predicted molar refractivity (Wildman–Crippen MR) is 74.4 cm³/mol. The zero-order chi connectivity index (χ0) is 10.9. The number of hydrogen-bond acceptors (Lipinski definition) is 0. The van der Waals surface area contributed by atoms with Crippen molar-refractivity contribution in [1.29, 1.82) is 0 Å². The fraction of sp³-hybridized carbons (Fsp3) is 0.538. The molecule has 1 aliphatic carbocycles. The lowest BCUT2D eigenvalue weighted by Crippen LogP contribution is -2.24. The number of rotatable bonds is 4. The first-order valence-corrected chi connectivity index (χ1v) is 7.06. The van der Waals surface area contributed by atoms with Gasteiger partial charge in [-0.3, -0.25) is 0 Å². The summed E-state index contributed by atoms with van der Waals surface area (Å²) in [7, 11) is 0. The van der Waals surface area contributed by atoms with Crippen molar-refractivity contribution >= 4 is 34.2 Å². The summed E-state index contributed by atoms with van der Waals surface area (Å²) in [5.41, 5.74) is 1.74. The molecule has 0 N–H and O–H groups in total. The highest BCUT2D eigenvalue weighted by Gasteiger charge is 2.40. The third-order valence-electron chi connectivity index (χ3n) is 3.39. The molecule has 0 nitrogen and oxygen atoms in total. The molecule has 1 saturated carbocycles. The van der Waals surface area contributed by atoms with Crippen LogP contribution in [0, 0.1) is 14.9 Å². The lowest BCUT2D eigenvalue weighted by Gasteiger charge is -2.27. The highest BCUT2D eigenvalue weighted by molar-refractivity contribution is 14.1. The first kappa shape index (κ1) is 11.7. The standard InChI is InChI=1S/C13H16ClI/c1-13(9-14,11-4-5-11)8-10-2-6-12(15)7-3-10/h2-3,6-7,11H,4-5,8-9H2,1H3. The molecule has 1 unspecified atom stereocenters. The molecule has 0 saturated heterocycles. The van der Waals surface area contributed by atoms with Crippen LogP contribution in [-0.4, -0.2) is 5.88 Å². The van der Waals surface area contributed by atoms with Crippen LogP contribution in [0.4, 0.5) is 0 Å². The molecule has 0 bridgehead atoms. The SMILES string of the molecule is CC(CCl)(Cc1ccc(I)cc1)C1CC1. The van der Waals surface area contributed by atoms with Gasteiger partial charge in [-0.1, -0.05) is 19.1 Å². The van der Waals surface area contributed by atoms with Crippen LogP contribution in [0.1, 0.15) is 25.3 Å². The van der Waals surface area contributed by atoms with Crippen LogP contribution in [0.25, 0.3) is 0 Å². The third kappa shape index (κ3) is 2.88. The van der Waals surface area contributed by atoms with E-state index in [2.05, 4.69) is 53.8 Å². The van der Waals surface area contributed by atoms with Gasteiger partial charge in [0.25, 0.3) is 0 Å². The molecular formula is C13H16ClI. The van der Waals surface area contributed by atoms with Crippen molar-refractivity contribution in [2.24, 2.45) is 11.3 Å². The van der Waals surface area contributed by atoms with Crippen LogP contribution in [0.5, 0.6) is 0 Å². The molecule has 1 fully saturated rings. The van der Waals surface area contributed by atoms with E-state index in [1.807, 2.05) is 0 Å². The van der Waals surface area contributed by atoms with Gasteiger partial charge in [-0.2, -0.15) is 0 Å². The minimum atomic E-state index is 0.314. The van der Waals surface area contributed by atoms with Crippen LogP contribution in [0.3, 0.4) is 0 Å². The van der Waals surface area contributed by atoms with E-state index in [4.69, 9.17) is 11.6 Å². The zero-order valence-electron chi connectivity index (χ0n) is 8.97. The number of hydrogen-bond donors (Lipinski definition) is 0. The van der Waals surface area contributed by atoms with E-state index in [1.165, 1.54) is 22.0 Å². The first-order chi connectivity index (χ1) is 7.14. The second kappa shape index (κ2) is 4.62. The molecule has 1 aromatic rings. The monoisotopic (exact) mass is 334 g/mol. The fourth-order valence-corrected chi connectivity index (χ4v) is 2.82. The van der Waals surface area contributed by atoms with Crippen molar-refractivity contribution in [3.8, 4) is 0 Å². The van der Waals surface area contributed by atoms with Crippen molar-refractivity contribution < 1.29 is 0 Å². The summed E-state index contributed by atoms with van der Waals surface area (Å²) in [6.07, 6.45) is 3.86. The predicted octanol–water partition coefficient (Wildman–Crippen LogP) is 4.49. The van der Waals surface area contributed by atoms with E-state index in [-0.39, 0.29) is 0 Å². The first-order valence-electron chi connectivity index (χ1n) is 5.44. The maximum Gasteiger partial charge on any atom is 0.0283 e. The van der Waals surface area contributed by atoms with Gasteiger partial charge in [-0.05, 0) is 70.9 Å². The van der Waals surface area contributed by atoms with Crippen LogP contribution in [-0.2, 0) is 6.42 Å². The van der Waals surface area contributed by atoms with E-state index in [1.54, 1.807) is 0 Å². The Balaban J connectivity index is 2.09. The van der Waals surface area contributed by atoms with Crippen LogP contribution in [0.2, 0.25) is 0 Å². The van der Waals surface area contributed by atoms with Gasteiger partial charge in [-0.15, -0.1) is 11.6 Å². The molecule has 2 heteroatoms. The Morgan fingerprint density at radius 2 is 1.93 bits per heavy atom. The summed E-state index contributed by atoms with van der Waals surface area (Å²) in [5, 5.41) is 0. The summed E-state index contributed by atoms with van der Waals surface area (Å²) in [6.45, 7) is 2.33. The average Bonchev–Trinajstić information content (AvgIpc) is 3.05. The van der Waals surface area contributed by atoms with Crippen molar-refractivity contribution in [1.82, 2.24) is 0 Å². The van der Waals surface area contributed by atoms with Gasteiger partial charge in [0.1, 0.15) is 0 Å². The highest BCUT2D eigenvalue weighted by Crippen LogP contribution is 2.48. The number of benzene rings is 1. The second-order valence-electron chi connectivity index (χ2n) is 4.87. The Bertz CT molecular complexity index is 329.